The predicted octanol–water partition coefficient (Wildman–Crippen LogP) is 2.02. The van der Waals surface area contributed by atoms with E-state index in [9.17, 15) is 9.18 Å². The second-order valence-electron chi connectivity index (χ2n) is 5.92. The van der Waals surface area contributed by atoms with Crippen LogP contribution in [0.4, 0.5) is 4.39 Å². The standard InChI is InChI=1S/C16H23FN2O2/c1-10(2)15(18)16(20)19-6-7-21-14(9-19)12-4-5-13(17)11(3)8-12/h4-5,8,10,14-15H,6-7,9,18H2,1-3H3/t14-,15+/m1/s1. The quantitative estimate of drug-likeness (QED) is 0.928. The molecule has 2 rings (SSSR count). The molecule has 21 heavy (non-hydrogen) atoms. The van der Waals surface area contributed by atoms with E-state index in [-0.39, 0.29) is 23.7 Å². The Bertz CT molecular complexity index is 519. The van der Waals surface area contributed by atoms with Crippen LogP contribution in [0.3, 0.4) is 0 Å². The van der Waals surface area contributed by atoms with E-state index >= 15 is 0 Å². The molecule has 0 aliphatic carbocycles. The largest absolute Gasteiger partial charge is 0.370 e. The van der Waals surface area contributed by atoms with Gasteiger partial charge in [0, 0.05) is 6.54 Å². The summed E-state index contributed by atoms with van der Waals surface area (Å²) in [6, 6.07) is 4.44. The zero-order valence-electron chi connectivity index (χ0n) is 12.8. The monoisotopic (exact) mass is 294 g/mol. The second kappa shape index (κ2) is 6.54. The molecule has 1 aliphatic rings. The summed E-state index contributed by atoms with van der Waals surface area (Å²) in [5.41, 5.74) is 7.41. The number of aryl methyl sites for hydroxylation is 1. The third kappa shape index (κ3) is 3.60. The molecule has 1 saturated heterocycles. The first-order valence-corrected chi connectivity index (χ1v) is 7.32. The Kier molecular flexibility index (Phi) is 4.96. The van der Waals surface area contributed by atoms with Crippen LogP contribution < -0.4 is 5.73 Å². The van der Waals surface area contributed by atoms with Gasteiger partial charge < -0.3 is 15.4 Å². The summed E-state index contributed by atoms with van der Waals surface area (Å²) in [7, 11) is 0. The summed E-state index contributed by atoms with van der Waals surface area (Å²) in [6.45, 7) is 7.07. The van der Waals surface area contributed by atoms with Crippen LogP contribution in [0.25, 0.3) is 0 Å². The average molecular weight is 294 g/mol. The lowest BCUT2D eigenvalue weighted by atomic mass is 10.0. The van der Waals surface area contributed by atoms with Gasteiger partial charge in [-0.05, 0) is 30.0 Å². The van der Waals surface area contributed by atoms with Crippen molar-refractivity contribution in [2.45, 2.75) is 32.9 Å². The van der Waals surface area contributed by atoms with Gasteiger partial charge in [0.15, 0.2) is 0 Å². The molecule has 1 aromatic rings. The normalized spacial score (nSPS) is 20.7. The molecule has 0 radical (unpaired) electrons. The lowest BCUT2D eigenvalue weighted by Gasteiger charge is -2.35. The SMILES string of the molecule is Cc1cc([C@H]2CN(C(=O)[C@@H](N)C(C)C)CCO2)ccc1F. The van der Waals surface area contributed by atoms with E-state index in [1.54, 1.807) is 24.0 Å². The first-order valence-electron chi connectivity index (χ1n) is 7.32. The van der Waals surface area contributed by atoms with Crippen LogP contribution in [0.2, 0.25) is 0 Å². The Balaban J connectivity index is 2.10. The summed E-state index contributed by atoms with van der Waals surface area (Å²) in [4.78, 5) is 14.1. The van der Waals surface area contributed by atoms with E-state index in [0.29, 0.717) is 25.3 Å². The number of halogens is 1. The average Bonchev–Trinajstić information content (AvgIpc) is 2.48. The van der Waals surface area contributed by atoms with Gasteiger partial charge in [-0.1, -0.05) is 26.0 Å². The highest BCUT2D eigenvalue weighted by Crippen LogP contribution is 2.24. The molecule has 1 aromatic carbocycles. The van der Waals surface area contributed by atoms with Crippen molar-refractivity contribution >= 4 is 5.91 Å². The highest BCUT2D eigenvalue weighted by atomic mass is 19.1. The molecular weight excluding hydrogens is 271 g/mol. The molecule has 5 heteroatoms. The van der Waals surface area contributed by atoms with Crippen LogP contribution in [0, 0.1) is 18.7 Å². The number of nitrogens with zero attached hydrogens (tertiary/aromatic N) is 1. The molecule has 0 bridgehead atoms. The van der Waals surface area contributed by atoms with Crippen LogP contribution in [0.15, 0.2) is 18.2 Å². The number of carbonyl (C=O) groups excluding carboxylic acids is 1. The summed E-state index contributed by atoms with van der Waals surface area (Å²) in [5.74, 6) is -0.173. The molecule has 1 aliphatic heterocycles. The Labute approximate surface area is 125 Å². The number of amides is 1. The Morgan fingerprint density at radius 3 is 2.81 bits per heavy atom. The third-order valence-electron chi connectivity index (χ3n) is 3.94. The lowest BCUT2D eigenvalue weighted by molar-refractivity contribution is -0.141. The van der Waals surface area contributed by atoms with Gasteiger partial charge in [-0.2, -0.15) is 0 Å². The first-order chi connectivity index (χ1) is 9.90. The number of hydrogen-bond donors (Lipinski definition) is 1. The second-order valence-corrected chi connectivity index (χ2v) is 5.92. The number of nitrogens with two attached hydrogens (primary N) is 1. The van der Waals surface area contributed by atoms with Crippen molar-refractivity contribution in [3.05, 3.63) is 35.1 Å². The van der Waals surface area contributed by atoms with Gasteiger partial charge >= 0.3 is 0 Å². The maximum absolute atomic E-state index is 13.3. The molecule has 2 atom stereocenters. The van der Waals surface area contributed by atoms with Crippen molar-refractivity contribution in [1.82, 2.24) is 4.90 Å². The van der Waals surface area contributed by atoms with E-state index in [1.165, 1.54) is 6.07 Å². The zero-order chi connectivity index (χ0) is 15.6. The Morgan fingerprint density at radius 2 is 2.19 bits per heavy atom. The van der Waals surface area contributed by atoms with Crippen molar-refractivity contribution in [1.29, 1.82) is 0 Å². The number of carbonyl (C=O) groups is 1. The number of benzene rings is 1. The number of rotatable bonds is 3. The fourth-order valence-corrected chi connectivity index (χ4v) is 2.42. The molecule has 116 valence electrons. The molecule has 0 saturated carbocycles. The van der Waals surface area contributed by atoms with Gasteiger partial charge in [-0.25, -0.2) is 4.39 Å². The smallest absolute Gasteiger partial charge is 0.239 e. The molecule has 1 heterocycles. The molecule has 0 spiro atoms. The number of ether oxygens (including phenoxy) is 1. The maximum atomic E-state index is 13.3. The molecule has 4 nitrogen and oxygen atoms in total. The van der Waals surface area contributed by atoms with Crippen molar-refractivity contribution in [3.63, 3.8) is 0 Å². The van der Waals surface area contributed by atoms with Crippen molar-refractivity contribution in [2.24, 2.45) is 11.7 Å². The van der Waals surface area contributed by atoms with Crippen LogP contribution >= 0.6 is 0 Å². The van der Waals surface area contributed by atoms with Crippen molar-refractivity contribution in [2.75, 3.05) is 19.7 Å². The zero-order valence-corrected chi connectivity index (χ0v) is 12.8. The topological polar surface area (TPSA) is 55.6 Å². The summed E-state index contributed by atoms with van der Waals surface area (Å²) >= 11 is 0. The van der Waals surface area contributed by atoms with Gasteiger partial charge in [0.2, 0.25) is 5.91 Å². The first kappa shape index (κ1) is 15.9. The molecule has 0 unspecified atom stereocenters. The van der Waals surface area contributed by atoms with E-state index < -0.39 is 6.04 Å². The molecule has 1 amide bonds. The highest BCUT2D eigenvalue weighted by molar-refractivity contribution is 5.82. The van der Waals surface area contributed by atoms with Crippen LogP contribution in [0.5, 0.6) is 0 Å². The van der Waals surface area contributed by atoms with Gasteiger partial charge in [0.25, 0.3) is 0 Å². The number of hydrogen-bond acceptors (Lipinski definition) is 3. The molecule has 0 aromatic heterocycles. The summed E-state index contributed by atoms with van der Waals surface area (Å²) < 4.78 is 19.1. The predicted molar refractivity (Wildman–Crippen MR) is 79.2 cm³/mol. The fraction of sp³-hybridized carbons (Fsp3) is 0.562. The van der Waals surface area contributed by atoms with Gasteiger partial charge in [0.05, 0.1) is 19.2 Å². The minimum Gasteiger partial charge on any atom is -0.370 e. The van der Waals surface area contributed by atoms with Crippen LogP contribution in [0.1, 0.15) is 31.1 Å². The molecule has 2 N–H and O–H groups in total. The van der Waals surface area contributed by atoms with E-state index in [2.05, 4.69) is 0 Å². The molecular formula is C16H23FN2O2. The molecule has 1 fully saturated rings. The minimum absolute atomic E-state index is 0.0443. The third-order valence-corrected chi connectivity index (χ3v) is 3.94. The Morgan fingerprint density at radius 1 is 1.48 bits per heavy atom. The summed E-state index contributed by atoms with van der Waals surface area (Å²) in [6.07, 6.45) is -0.221. The maximum Gasteiger partial charge on any atom is 0.239 e. The lowest BCUT2D eigenvalue weighted by Crippen LogP contribution is -2.51. The van der Waals surface area contributed by atoms with Gasteiger partial charge in [0.1, 0.15) is 11.9 Å². The van der Waals surface area contributed by atoms with Crippen LogP contribution in [-0.2, 0) is 9.53 Å². The van der Waals surface area contributed by atoms with E-state index in [0.717, 1.165) is 5.56 Å². The Hall–Kier alpha value is -1.46. The van der Waals surface area contributed by atoms with Crippen molar-refractivity contribution in [3.8, 4) is 0 Å². The van der Waals surface area contributed by atoms with E-state index in [1.807, 2.05) is 13.8 Å². The van der Waals surface area contributed by atoms with Gasteiger partial charge in [-0.3, -0.25) is 4.79 Å². The van der Waals surface area contributed by atoms with Crippen LogP contribution in [-0.4, -0.2) is 36.5 Å². The minimum atomic E-state index is -0.487. The fourth-order valence-electron chi connectivity index (χ4n) is 2.42. The highest BCUT2D eigenvalue weighted by Gasteiger charge is 2.29. The van der Waals surface area contributed by atoms with Gasteiger partial charge in [-0.15, -0.1) is 0 Å². The van der Waals surface area contributed by atoms with E-state index in [4.69, 9.17) is 10.5 Å². The summed E-state index contributed by atoms with van der Waals surface area (Å²) in [5, 5.41) is 0. The number of morpholine rings is 1. The van der Waals surface area contributed by atoms with Crippen molar-refractivity contribution < 1.29 is 13.9 Å².